The van der Waals surface area contributed by atoms with Crippen molar-refractivity contribution in [1.82, 2.24) is 24.8 Å². The number of halogens is 1. The second-order valence-electron chi connectivity index (χ2n) is 10.3. The van der Waals surface area contributed by atoms with Gasteiger partial charge in [-0.3, -0.25) is 9.52 Å². The van der Waals surface area contributed by atoms with Gasteiger partial charge in [0.05, 0.1) is 16.0 Å². The highest BCUT2D eigenvalue weighted by Crippen LogP contribution is 2.25. The fraction of sp³-hybridized carbons (Fsp3) is 0.296. The Bertz CT molecular complexity index is 1640. The topological polar surface area (TPSA) is 121 Å². The molecular weight excluding hydrogens is 521 g/mol. The molecule has 2 aromatic carbocycles. The van der Waals surface area contributed by atoms with Gasteiger partial charge in [-0.25, -0.2) is 17.8 Å². The normalized spacial score (nSPS) is 14.4. The lowest BCUT2D eigenvalue weighted by Crippen LogP contribution is -2.46. The van der Waals surface area contributed by atoms with Gasteiger partial charge < -0.3 is 20.1 Å². The van der Waals surface area contributed by atoms with Crippen LogP contribution in [0.1, 0.15) is 31.1 Å². The largest absolute Gasteiger partial charge is 0.336 e. The molecule has 1 saturated heterocycles. The van der Waals surface area contributed by atoms with Crippen LogP contribution in [-0.2, 0) is 10.0 Å². The van der Waals surface area contributed by atoms with Crippen molar-refractivity contribution in [3.63, 3.8) is 0 Å². The minimum Gasteiger partial charge on any atom is -0.336 e. The van der Waals surface area contributed by atoms with Gasteiger partial charge in [-0.15, -0.1) is 0 Å². The second-order valence-corrected chi connectivity index (χ2v) is 12.7. The van der Waals surface area contributed by atoms with Crippen LogP contribution in [0.3, 0.4) is 0 Å². The SMILES string of the molecule is CC(C)(C)S(=O)(=O)Nc1cccc(-n2ccc3cnc(Nc4ccc(C(=O)N5CCNCC5)c(F)c4)nc32)c1. The molecule has 0 unspecified atom stereocenters. The van der Waals surface area contributed by atoms with E-state index in [1.165, 1.54) is 12.1 Å². The molecule has 1 amide bonds. The van der Waals surface area contributed by atoms with Crippen LogP contribution in [0.2, 0.25) is 0 Å². The van der Waals surface area contributed by atoms with Crippen molar-refractivity contribution < 1.29 is 17.6 Å². The van der Waals surface area contributed by atoms with Crippen molar-refractivity contribution >= 4 is 44.3 Å². The first kappa shape index (κ1) is 26.6. The number of piperazine rings is 1. The van der Waals surface area contributed by atoms with Crippen molar-refractivity contribution in [3.05, 3.63) is 72.3 Å². The highest BCUT2D eigenvalue weighted by Gasteiger charge is 2.29. The van der Waals surface area contributed by atoms with Gasteiger partial charge in [0, 0.05) is 55.3 Å². The Kier molecular flexibility index (Phi) is 7.00. The average Bonchev–Trinajstić information content (AvgIpc) is 3.31. The molecular formula is C27H30FN7O3S. The van der Waals surface area contributed by atoms with Gasteiger partial charge >= 0.3 is 0 Å². The van der Waals surface area contributed by atoms with Crippen LogP contribution in [0, 0.1) is 5.82 Å². The number of anilines is 3. The van der Waals surface area contributed by atoms with Gasteiger partial charge in [0.25, 0.3) is 5.91 Å². The van der Waals surface area contributed by atoms with Crippen LogP contribution in [0.25, 0.3) is 16.7 Å². The third kappa shape index (κ3) is 5.57. The number of benzene rings is 2. The standard InChI is InChI=1S/C27H30FN7O3S/c1-27(2,3)39(37,38)33-20-5-4-6-21(15-20)35-12-9-18-17-30-26(32-24(18)35)31-19-7-8-22(23(28)16-19)25(36)34-13-10-29-11-14-34/h4-9,12,15-17,29,33H,10-11,13-14H2,1-3H3,(H,30,31,32). The van der Waals surface area contributed by atoms with E-state index in [0.717, 1.165) is 5.39 Å². The molecule has 0 aliphatic carbocycles. The van der Waals surface area contributed by atoms with Gasteiger partial charge in [0.15, 0.2) is 0 Å². The van der Waals surface area contributed by atoms with E-state index < -0.39 is 20.6 Å². The van der Waals surface area contributed by atoms with E-state index in [-0.39, 0.29) is 17.4 Å². The van der Waals surface area contributed by atoms with E-state index in [4.69, 9.17) is 0 Å². The highest BCUT2D eigenvalue weighted by atomic mass is 32.2. The lowest BCUT2D eigenvalue weighted by Gasteiger charge is -2.27. The minimum absolute atomic E-state index is 0.0228. The second kappa shape index (κ2) is 10.3. The maximum Gasteiger partial charge on any atom is 0.256 e. The minimum atomic E-state index is -3.59. The van der Waals surface area contributed by atoms with Crippen LogP contribution < -0.4 is 15.4 Å². The van der Waals surface area contributed by atoms with Crippen LogP contribution in [-0.4, -0.2) is 64.7 Å². The predicted octanol–water partition coefficient (Wildman–Crippen LogP) is 3.89. The maximum absolute atomic E-state index is 14.9. The van der Waals surface area contributed by atoms with Gasteiger partial charge in [-0.2, -0.15) is 4.98 Å². The molecule has 3 N–H and O–H groups in total. The van der Waals surface area contributed by atoms with Gasteiger partial charge in [0.1, 0.15) is 11.5 Å². The monoisotopic (exact) mass is 551 g/mol. The summed E-state index contributed by atoms with van der Waals surface area (Å²) >= 11 is 0. The fourth-order valence-electron chi connectivity index (χ4n) is 4.15. The van der Waals surface area contributed by atoms with Gasteiger partial charge in [-0.1, -0.05) is 6.07 Å². The lowest BCUT2D eigenvalue weighted by molar-refractivity contribution is 0.0731. The van der Waals surface area contributed by atoms with Crippen molar-refractivity contribution in [2.45, 2.75) is 25.5 Å². The van der Waals surface area contributed by atoms with Crippen LogP contribution in [0.15, 0.2) is 60.9 Å². The van der Waals surface area contributed by atoms with E-state index in [1.54, 1.807) is 56.1 Å². The first-order valence-electron chi connectivity index (χ1n) is 12.6. The molecule has 10 nitrogen and oxygen atoms in total. The Balaban J connectivity index is 1.39. The Hall–Kier alpha value is -4.03. The zero-order chi connectivity index (χ0) is 27.8. The zero-order valence-electron chi connectivity index (χ0n) is 21.9. The van der Waals surface area contributed by atoms with Crippen LogP contribution >= 0.6 is 0 Å². The van der Waals surface area contributed by atoms with E-state index in [1.807, 2.05) is 22.9 Å². The Morgan fingerprint density at radius 3 is 2.54 bits per heavy atom. The first-order chi connectivity index (χ1) is 18.5. The quantitative estimate of drug-likeness (QED) is 0.332. The number of hydrogen-bond donors (Lipinski definition) is 3. The molecule has 0 spiro atoms. The molecule has 0 radical (unpaired) electrons. The summed E-state index contributed by atoms with van der Waals surface area (Å²) in [5.41, 5.74) is 2.14. The number of carbonyl (C=O) groups is 1. The summed E-state index contributed by atoms with van der Waals surface area (Å²) in [6, 6.07) is 13.2. The summed E-state index contributed by atoms with van der Waals surface area (Å²) in [7, 11) is -3.59. The number of rotatable bonds is 6. The summed E-state index contributed by atoms with van der Waals surface area (Å²) in [5.74, 6) is -0.710. The summed E-state index contributed by atoms with van der Waals surface area (Å²) in [6.07, 6.45) is 3.46. The fourth-order valence-corrected chi connectivity index (χ4v) is 4.89. The molecule has 1 aliphatic heterocycles. The summed E-state index contributed by atoms with van der Waals surface area (Å²) in [4.78, 5) is 23.3. The van der Waals surface area contributed by atoms with E-state index in [9.17, 15) is 17.6 Å². The Morgan fingerprint density at radius 2 is 1.82 bits per heavy atom. The van der Waals surface area contributed by atoms with Crippen molar-refractivity contribution in [3.8, 4) is 5.69 Å². The zero-order valence-corrected chi connectivity index (χ0v) is 22.7. The highest BCUT2D eigenvalue weighted by molar-refractivity contribution is 7.94. The number of amides is 1. The smallest absolute Gasteiger partial charge is 0.256 e. The Morgan fingerprint density at radius 1 is 1.05 bits per heavy atom. The Labute approximate surface area is 226 Å². The molecule has 0 atom stereocenters. The molecule has 204 valence electrons. The average molecular weight is 552 g/mol. The lowest BCUT2D eigenvalue weighted by atomic mass is 10.1. The number of carbonyl (C=O) groups excluding carboxylic acids is 1. The van der Waals surface area contributed by atoms with E-state index in [0.29, 0.717) is 48.9 Å². The molecule has 1 aliphatic rings. The number of hydrogen-bond acceptors (Lipinski definition) is 7. The number of aromatic nitrogens is 3. The summed E-state index contributed by atoms with van der Waals surface area (Å²) < 4.78 is 43.6. The van der Waals surface area contributed by atoms with E-state index >= 15 is 0 Å². The van der Waals surface area contributed by atoms with E-state index in [2.05, 4.69) is 25.3 Å². The maximum atomic E-state index is 14.9. The third-order valence-electron chi connectivity index (χ3n) is 6.47. The molecule has 5 rings (SSSR count). The summed E-state index contributed by atoms with van der Waals surface area (Å²) in [5, 5.41) is 6.95. The van der Waals surface area contributed by atoms with Gasteiger partial charge in [0.2, 0.25) is 16.0 Å². The molecule has 0 bridgehead atoms. The van der Waals surface area contributed by atoms with Crippen molar-refractivity contribution in [2.24, 2.45) is 0 Å². The number of nitrogens with one attached hydrogen (secondary N) is 3. The van der Waals surface area contributed by atoms with Crippen LogP contribution in [0.5, 0.6) is 0 Å². The number of nitrogens with zero attached hydrogens (tertiary/aromatic N) is 4. The molecule has 12 heteroatoms. The van der Waals surface area contributed by atoms with Crippen molar-refractivity contribution in [1.29, 1.82) is 0 Å². The number of fused-ring (bicyclic) bond motifs is 1. The molecule has 39 heavy (non-hydrogen) atoms. The predicted molar refractivity (Wildman–Crippen MR) is 150 cm³/mol. The van der Waals surface area contributed by atoms with Crippen LogP contribution in [0.4, 0.5) is 21.7 Å². The molecule has 3 heterocycles. The summed E-state index contributed by atoms with van der Waals surface area (Å²) in [6.45, 7) is 7.35. The van der Waals surface area contributed by atoms with Crippen molar-refractivity contribution in [2.75, 3.05) is 36.2 Å². The molecule has 1 fully saturated rings. The molecule has 2 aromatic heterocycles. The molecule has 4 aromatic rings. The third-order valence-corrected chi connectivity index (χ3v) is 8.59. The number of sulfonamides is 1. The molecule has 0 saturated carbocycles. The van der Waals surface area contributed by atoms with Gasteiger partial charge in [-0.05, 0) is 63.2 Å². The first-order valence-corrected chi connectivity index (χ1v) is 14.0.